The maximum atomic E-state index is 13.4. The number of pyridine rings is 2. The molecule has 0 bridgehead atoms. The SMILES string of the molecule is CN[C@@H](C)C(=O)Nc1ccc(C(c2cccc(NC(C)=O)c2)c2cncc(C(=O)c3ccc(F)cc3)c2)[nH]c1=O. The predicted octanol–water partition coefficient (Wildman–Crippen LogP) is 3.83. The minimum Gasteiger partial charge on any atom is -0.326 e. The van der Waals surface area contributed by atoms with E-state index in [9.17, 15) is 23.6 Å². The molecule has 2 aromatic heterocycles. The number of rotatable bonds is 9. The van der Waals surface area contributed by atoms with Gasteiger partial charge >= 0.3 is 0 Å². The smallest absolute Gasteiger partial charge is 0.271 e. The number of carbonyl (C=O) groups excluding carboxylic acids is 3. The second kappa shape index (κ2) is 12.3. The number of benzene rings is 2. The van der Waals surface area contributed by atoms with Crippen molar-refractivity contribution in [3.8, 4) is 0 Å². The predicted molar refractivity (Wildman–Crippen MR) is 150 cm³/mol. The van der Waals surface area contributed by atoms with Crippen molar-refractivity contribution >= 4 is 29.0 Å². The standard InChI is InChI=1S/C30H28FN5O4/c1-17(32-3)29(39)36-26-12-11-25(35-30(26)40)27(20-5-4-6-24(14-20)34-18(2)37)21-13-22(16-33-15-21)28(38)19-7-9-23(31)10-8-19/h4-17,27,32H,1-3H3,(H,34,37)(H,35,40)(H,36,39)/t17-,27?/m0/s1. The van der Waals surface area contributed by atoms with Crippen molar-refractivity contribution in [3.05, 3.63) is 123 Å². The van der Waals surface area contributed by atoms with Gasteiger partial charge in [-0.2, -0.15) is 0 Å². The number of likely N-dealkylation sites (N-methyl/N-ethyl adjacent to an activating group) is 1. The zero-order chi connectivity index (χ0) is 28.8. The Balaban J connectivity index is 1.79. The molecule has 0 radical (unpaired) electrons. The molecule has 0 fully saturated rings. The van der Waals surface area contributed by atoms with E-state index in [0.717, 1.165) is 0 Å². The third-order valence-corrected chi connectivity index (χ3v) is 6.33. The number of anilines is 2. The van der Waals surface area contributed by atoms with Crippen molar-refractivity contribution in [1.29, 1.82) is 0 Å². The molecule has 0 aliphatic rings. The number of hydrogen-bond acceptors (Lipinski definition) is 6. The largest absolute Gasteiger partial charge is 0.326 e. The van der Waals surface area contributed by atoms with Crippen LogP contribution in [-0.4, -0.2) is 40.7 Å². The van der Waals surface area contributed by atoms with Crippen molar-refractivity contribution in [2.75, 3.05) is 17.7 Å². The van der Waals surface area contributed by atoms with Crippen molar-refractivity contribution in [2.45, 2.75) is 25.8 Å². The van der Waals surface area contributed by atoms with Crippen molar-refractivity contribution in [1.82, 2.24) is 15.3 Å². The average Bonchev–Trinajstić information content (AvgIpc) is 2.94. The highest BCUT2D eigenvalue weighted by Gasteiger charge is 2.22. The number of halogens is 1. The van der Waals surface area contributed by atoms with Crippen LogP contribution >= 0.6 is 0 Å². The van der Waals surface area contributed by atoms with Gasteiger partial charge in [0.2, 0.25) is 11.8 Å². The highest BCUT2D eigenvalue weighted by atomic mass is 19.1. The normalized spacial score (nSPS) is 12.3. The fraction of sp³-hybridized carbons (Fsp3) is 0.167. The van der Waals surface area contributed by atoms with E-state index in [-0.39, 0.29) is 28.8 Å². The summed E-state index contributed by atoms with van der Waals surface area (Å²) in [5.41, 5.74) is 2.46. The maximum absolute atomic E-state index is 13.4. The number of aromatic amines is 1. The van der Waals surface area contributed by atoms with Gasteiger partial charge in [0.05, 0.1) is 12.0 Å². The minimum atomic E-state index is -0.601. The Bertz CT molecular complexity index is 1620. The molecule has 4 aromatic rings. The molecule has 0 saturated heterocycles. The van der Waals surface area contributed by atoms with Crippen LogP contribution in [0, 0.1) is 5.82 Å². The number of nitrogens with zero attached hydrogens (tertiary/aromatic N) is 1. The van der Waals surface area contributed by atoms with Crippen LogP contribution < -0.4 is 21.5 Å². The monoisotopic (exact) mass is 541 g/mol. The molecule has 0 aliphatic heterocycles. The van der Waals surface area contributed by atoms with Gasteiger partial charge in [0.25, 0.3) is 5.56 Å². The first-order chi connectivity index (χ1) is 19.2. The number of nitrogens with one attached hydrogen (secondary N) is 4. The Morgan fingerprint density at radius 1 is 0.900 bits per heavy atom. The van der Waals surface area contributed by atoms with Gasteiger partial charge in [-0.3, -0.25) is 24.2 Å². The van der Waals surface area contributed by atoms with Crippen LogP contribution in [0.1, 0.15) is 52.5 Å². The van der Waals surface area contributed by atoms with Gasteiger partial charge in [-0.15, -0.1) is 0 Å². The zero-order valence-corrected chi connectivity index (χ0v) is 22.1. The highest BCUT2D eigenvalue weighted by molar-refractivity contribution is 6.08. The van der Waals surface area contributed by atoms with Crippen LogP contribution in [0.3, 0.4) is 0 Å². The molecule has 9 nitrogen and oxygen atoms in total. The topological polar surface area (TPSA) is 133 Å². The summed E-state index contributed by atoms with van der Waals surface area (Å²) in [7, 11) is 1.64. The quantitative estimate of drug-likeness (QED) is 0.238. The second-order valence-corrected chi connectivity index (χ2v) is 9.24. The van der Waals surface area contributed by atoms with Crippen molar-refractivity contribution < 1.29 is 18.8 Å². The van der Waals surface area contributed by atoms with Gasteiger partial charge in [0, 0.05) is 41.8 Å². The number of aromatic nitrogens is 2. The first kappa shape index (κ1) is 28.1. The summed E-state index contributed by atoms with van der Waals surface area (Å²) < 4.78 is 13.4. The molecule has 4 N–H and O–H groups in total. The van der Waals surface area contributed by atoms with E-state index in [4.69, 9.17) is 0 Å². The van der Waals surface area contributed by atoms with E-state index >= 15 is 0 Å². The van der Waals surface area contributed by atoms with Gasteiger partial charge in [-0.25, -0.2) is 4.39 Å². The van der Waals surface area contributed by atoms with E-state index < -0.39 is 23.3 Å². The van der Waals surface area contributed by atoms with Crippen LogP contribution in [0.25, 0.3) is 0 Å². The van der Waals surface area contributed by atoms with E-state index in [0.29, 0.717) is 28.1 Å². The Morgan fingerprint density at radius 3 is 2.33 bits per heavy atom. The van der Waals surface area contributed by atoms with E-state index in [2.05, 4.69) is 25.9 Å². The van der Waals surface area contributed by atoms with Crippen LogP contribution in [0.15, 0.2) is 83.9 Å². The molecule has 1 unspecified atom stereocenters. The molecule has 0 saturated carbocycles. The highest BCUT2D eigenvalue weighted by Crippen LogP contribution is 2.32. The number of hydrogen-bond donors (Lipinski definition) is 4. The summed E-state index contributed by atoms with van der Waals surface area (Å²) in [4.78, 5) is 57.3. The average molecular weight is 542 g/mol. The maximum Gasteiger partial charge on any atom is 0.271 e. The third-order valence-electron chi connectivity index (χ3n) is 6.33. The summed E-state index contributed by atoms with van der Waals surface area (Å²) >= 11 is 0. The molecule has 10 heteroatoms. The van der Waals surface area contributed by atoms with Gasteiger partial charge in [0.15, 0.2) is 5.78 Å². The molecule has 2 heterocycles. The number of ketones is 1. The summed E-state index contributed by atoms with van der Waals surface area (Å²) in [5.74, 6) is -2.00. The van der Waals surface area contributed by atoms with Gasteiger partial charge in [-0.1, -0.05) is 12.1 Å². The Morgan fingerprint density at radius 2 is 1.65 bits per heavy atom. The zero-order valence-electron chi connectivity index (χ0n) is 22.1. The lowest BCUT2D eigenvalue weighted by molar-refractivity contribution is -0.117. The van der Waals surface area contributed by atoms with E-state index in [1.165, 1.54) is 43.5 Å². The summed E-state index contributed by atoms with van der Waals surface area (Å²) in [6.07, 6.45) is 3.00. The van der Waals surface area contributed by atoms with Crippen LogP contribution in [0.2, 0.25) is 0 Å². The minimum absolute atomic E-state index is 0.0833. The Hall–Kier alpha value is -4.96. The molecule has 204 valence electrons. The summed E-state index contributed by atoms with van der Waals surface area (Å²) in [6, 6.07) is 16.7. The Labute approximate surface area is 229 Å². The second-order valence-electron chi connectivity index (χ2n) is 9.24. The fourth-order valence-electron chi connectivity index (χ4n) is 4.19. The van der Waals surface area contributed by atoms with Crippen molar-refractivity contribution in [2.24, 2.45) is 0 Å². The number of amides is 2. The van der Waals surface area contributed by atoms with Crippen LogP contribution in [0.5, 0.6) is 0 Å². The molecule has 2 amide bonds. The third kappa shape index (κ3) is 6.54. The molecule has 0 aliphatic carbocycles. The lowest BCUT2D eigenvalue weighted by atomic mass is 9.87. The first-order valence-corrected chi connectivity index (χ1v) is 12.5. The van der Waals surface area contributed by atoms with Crippen LogP contribution in [-0.2, 0) is 9.59 Å². The van der Waals surface area contributed by atoms with Gasteiger partial charge in [0.1, 0.15) is 11.5 Å². The molecular weight excluding hydrogens is 513 g/mol. The molecule has 40 heavy (non-hydrogen) atoms. The van der Waals surface area contributed by atoms with Gasteiger partial charge in [-0.05, 0) is 79.7 Å². The molecule has 2 atom stereocenters. The molecule has 0 spiro atoms. The number of carbonyl (C=O) groups is 3. The lowest BCUT2D eigenvalue weighted by Gasteiger charge is -2.20. The lowest BCUT2D eigenvalue weighted by Crippen LogP contribution is -2.36. The van der Waals surface area contributed by atoms with Crippen LogP contribution in [0.4, 0.5) is 15.8 Å². The Kier molecular flexibility index (Phi) is 8.60. The molecule has 4 rings (SSSR count). The first-order valence-electron chi connectivity index (χ1n) is 12.5. The molecular formula is C30H28FN5O4. The summed E-state index contributed by atoms with van der Waals surface area (Å²) in [5, 5.41) is 8.18. The van der Waals surface area contributed by atoms with E-state index in [1.807, 2.05) is 6.07 Å². The summed E-state index contributed by atoms with van der Waals surface area (Å²) in [6.45, 7) is 3.07. The number of H-pyrrole nitrogens is 1. The molecule has 2 aromatic carbocycles. The van der Waals surface area contributed by atoms with E-state index in [1.54, 1.807) is 50.5 Å². The van der Waals surface area contributed by atoms with Crippen molar-refractivity contribution in [3.63, 3.8) is 0 Å². The fourth-order valence-corrected chi connectivity index (χ4v) is 4.19. The van der Waals surface area contributed by atoms with Gasteiger partial charge < -0.3 is 20.9 Å².